The third-order valence-electron chi connectivity index (χ3n) is 1.96. The number of aryl methyl sites for hydroxylation is 1. The van der Waals surface area contributed by atoms with Crippen molar-refractivity contribution in [2.75, 3.05) is 17.0 Å². The Morgan fingerprint density at radius 2 is 1.94 bits per heavy atom. The van der Waals surface area contributed by atoms with E-state index in [2.05, 4.69) is 0 Å². The lowest BCUT2D eigenvalue weighted by atomic mass is 10.2. The molecule has 0 bridgehead atoms. The minimum absolute atomic E-state index is 0.166. The van der Waals surface area contributed by atoms with E-state index in [9.17, 15) is 21.6 Å². The summed E-state index contributed by atoms with van der Waals surface area (Å²) in [6, 6.07) is 4.31. The molecule has 1 rings (SSSR count). The van der Waals surface area contributed by atoms with E-state index in [-0.39, 0.29) is 5.69 Å². The standard InChI is InChI=1S/C9H12F3N3O2S/c1-6-4-7(13)2-3-8(6)15-18(16,17)14-5-9(10,11)12/h2-4,14-15H,5,13H2,1H3. The molecule has 0 saturated carbocycles. The number of hydrogen-bond acceptors (Lipinski definition) is 3. The average Bonchev–Trinajstić information content (AvgIpc) is 2.19. The Kier molecular flexibility index (Phi) is 4.07. The first-order chi connectivity index (χ1) is 8.09. The number of anilines is 2. The molecule has 0 aliphatic carbocycles. The number of nitrogens with two attached hydrogens (primary N) is 1. The highest BCUT2D eigenvalue weighted by Gasteiger charge is 2.29. The van der Waals surface area contributed by atoms with Crippen LogP contribution in [0.2, 0.25) is 0 Å². The maximum absolute atomic E-state index is 11.9. The molecular formula is C9H12F3N3O2S. The topological polar surface area (TPSA) is 84.2 Å². The summed E-state index contributed by atoms with van der Waals surface area (Å²) >= 11 is 0. The molecule has 0 saturated heterocycles. The molecule has 9 heteroatoms. The van der Waals surface area contributed by atoms with Crippen molar-refractivity contribution in [1.82, 2.24) is 4.72 Å². The fourth-order valence-electron chi connectivity index (χ4n) is 1.16. The van der Waals surface area contributed by atoms with Crippen molar-refractivity contribution in [1.29, 1.82) is 0 Å². The van der Waals surface area contributed by atoms with E-state index < -0.39 is 22.9 Å². The smallest absolute Gasteiger partial charge is 0.399 e. The molecule has 18 heavy (non-hydrogen) atoms. The van der Waals surface area contributed by atoms with Gasteiger partial charge in [-0.15, -0.1) is 0 Å². The summed E-state index contributed by atoms with van der Waals surface area (Å²) < 4.78 is 61.7. The Balaban J connectivity index is 2.77. The molecule has 0 aliphatic rings. The lowest BCUT2D eigenvalue weighted by Gasteiger charge is -2.13. The molecule has 0 aromatic heterocycles. The van der Waals surface area contributed by atoms with E-state index in [0.717, 1.165) is 0 Å². The summed E-state index contributed by atoms with van der Waals surface area (Å²) in [7, 11) is -4.26. The van der Waals surface area contributed by atoms with E-state index in [1.165, 1.54) is 22.9 Å². The van der Waals surface area contributed by atoms with Gasteiger partial charge in [-0.25, -0.2) is 0 Å². The predicted octanol–water partition coefficient (Wildman–Crippen LogP) is 1.39. The van der Waals surface area contributed by atoms with Gasteiger partial charge in [0.25, 0.3) is 10.2 Å². The summed E-state index contributed by atoms with van der Waals surface area (Å²) in [6.45, 7) is -0.0473. The Morgan fingerprint density at radius 3 is 2.44 bits per heavy atom. The zero-order valence-corrected chi connectivity index (χ0v) is 10.2. The van der Waals surface area contributed by atoms with Crippen molar-refractivity contribution in [3.63, 3.8) is 0 Å². The summed E-state index contributed by atoms with van der Waals surface area (Å²) in [5, 5.41) is 0. The second-order valence-corrected chi connectivity index (χ2v) is 5.12. The van der Waals surface area contributed by atoms with E-state index in [1.807, 2.05) is 4.72 Å². The average molecular weight is 283 g/mol. The van der Waals surface area contributed by atoms with Gasteiger partial charge in [0, 0.05) is 5.69 Å². The third kappa shape index (κ3) is 4.80. The summed E-state index contributed by atoms with van der Waals surface area (Å²) in [6.07, 6.45) is -4.61. The minimum atomic E-state index is -4.61. The highest BCUT2D eigenvalue weighted by molar-refractivity contribution is 7.90. The quantitative estimate of drug-likeness (QED) is 0.730. The Labute approximate surface area is 102 Å². The predicted molar refractivity (Wildman–Crippen MR) is 62.2 cm³/mol. The first kappa shape index (κ1) is 14.6. The number of nitrogen functional groups attached to an aromatic ring is 1. The second kappa shape index (κ2) is 5.02. The van der Waals surface area contributed by atoms with Gasteiger partial charge in [-0.05, 0) is 30.7 Å². The third-order valence-corrected chi connectivity index (χ3v) is 2.97. The SMILES string of the molecule is Cc1cc(N)ccc1NS(=O)(=O)NCC(F)(F)F. The van der Waals surface area contributed by atoms with Crippen molar-refractivity contribution in [2.45, 2.75) is 13.1 Å². The molecule has 102 valence electrons. The van der Waals surface area contributed by atoms with Gasteiger partial charge in [0.15, 0.2) is 0 Å². The van der Waals surface area contributed by atoms with Crippen molar-refractivity contribution in [3.8, 4) is 0 Å². The monoisotopic (exact) mass is 283 g/mol. The van der Waals surface area contributed by atoms with Crippen LogP contribution in [0.4, 0.5) is 24.5 Å². The number of alkyl halides is 3. The fourth-order valence-corrected chi connectivity index (χ4v) is 2.10. The number of halogens is 3. The summed E-state index contributed by atoms with van der Waals surface area (Å²) in [5.74, 6) is 0. The number of nitrogens with one attached hydrogen (secondary N) is 2. The number of hydrogen-bond donors (Lipinski definition) is 3. The van der Waals surface area contributed by atoms with Crippen molar-refractivity contribution < 1.29 is 21.6 Å². The van der Waals surface area contributed by atoms with Gasteiger partial charge in [0.05, 0.1) is 5.69 Å². The first-order valence-electron chi connectivity index (χ1n) is 4.79. The van der Waals surface area contributed by atoms with Gasteiger partial charge in [-0.3, -0.25) is 4.72 Å². The Hall–Kier alpha value is -1.48. The largest absolute Gasteiger partial charge is 0.402 e. The maximum Gasteiger partial charge on any atom is 0.402 e. The van der Waals surface area contributed by atoms with Crippen LogP contribution in [-0.2, 0) is 10.2 Å². The normalized spacial score (nSPS) is 12.4. The minimum Gasteiger partial charge on any atom is -0.399 e. The zero-order valence-electron chi connectivity index (χ0n) is 9.38. The number of rotatable bonds is 4. The van der Waals surface area contributed by atoms with Crippen LogP contribution in [0.5, 0.6) is 0 Å². The van der Waals surface area contributed by atoms with Crippen LogP contribution in [0.15, 0.2) is 18.2 Å². The lowest BCUT2D eigenvalue weighted by molar-refractivity contribution is -0.121. The van der Waals surface area contributed by atoms with Crippen LogP contribution >= 0.6 is 0 Å². The highest BCUT2D eigenvalue weighted by atomic mass is 32.2. The van der Waals surface area contributed by atoms with Crippen LogP contribution in [0.1, 0.15) is 5.56 Å². The van der Waals surface area contributed by atoms with Crippen LogP contribution in [-0.4, -0.2) is 21.1 Å². The summed E-state index contributed by atoms with van der Waals surface area (Å²) in [5.41, 5.74) is 6.57. The molecule has 1 aromatic carbocycles. The molecular weight excluding hydrogens is 271 g/mol. The van der Waals surface area contributed by atoms with Crippen LogP contribution in [0.3, 0.4) is 0 Å². The zero-order chi connectivity index (χ0) is 14.0. The van der Waals surface area contributed by atoms with Gasteiger partial charge >= 0.3 is 6.18 Å². The van der Waals surface area contributed by atoms with E-state index >= 15 is 0 Å². The second-order valence-electron chi connectivity index (χ2n) is 3.62. The van der Waals surface area contributed by atoms with E-state index in [0.29, 0.717) is 11.3 Å². The summed E-state index contributed by atoms with van der Waals surface area (Å²) in [4.78, 5) is 0. The van der Waals surface area contributed by atoms with Gasteiger partial charge in [0.2, 0.25) is 0 Å². The van der Waals surface area contributed by atoms with Crippen LogP contribution in [0.25, 0.3) is 0 Å². The molecule has 0 heterocycles. The molecule has 5 nitrogen and oxygen atoms in total. The fraction of sp³-hybridized carbons (Fsp3) is 0.333. The number of benzene rings is 1. The molecule has 1 aromatic rings. The van der Waals surface area contributed by atoms with Gasteiger partial charge in [-0.2, -0.15) is 26.3 Å². The molecule has 0 aliphatic heterocycles. The molecule has 0 spiro atoms. The van der Waals surface area contributed by atoms with Crippen molar-refractivity contribution >= 4 is 21.6 Å². The molecule has 0 amide bonds. The molecule has 0 unspecified atom stereocenters. The van der Waals surface area contributed by atoms with E-state index in [1.54, 1.807) is 6.92 Å². The molecule has 4 N–H and O–H groups in total. The van der Waals surface area contributed by atoms with Crippen LogP contribution < -0.4 is 15.2 Å². The molecule has 0 atom stereocenters. The maximum atomic E-state index is 11.9. The van der Waals surface area contributed by atoms with Gasteiger partial charge in [-0.1, -0.05) is 0 Å². The van der Waals surface area contributed by atoms with Crippen LogP contribution in [0, 0.1) is 6.92 Å². The molecule has 0 fully saturated rings. The Bertz CT molecular complexity index is 528. The van der Waals surface area contributed by atoms with Gasteiger partial charge < -0.3 is 5.73 Å². The highest BCUT2D eigenvalue weighted by Crippen LogP contribution is 2.19. The van der Waals surface area contributed by atoms with Crippen molar-refractivity contribution in [3.05, 3.63) is 23.8 Å². The lowest BCUT2D eigenvalue weighted by Crippen LogP contribution is -2.37. The first-order valence-corrected chi connectivity index (χ1v) is 6.28. The Morgan fingerprint density at radius 1 is 1.33 bits per heavy atom. The van der Waals surface area contributed by atoms with E-state index in [4.69, 9.17) is 5.73 Å². The molecule has 0 radical (unpaired) electrons. The van der Waals surface area contributed by atoms with Gasteiger partial charge in [0.1, 0.15) is 6.54 Å². The van der Waals surface area contributed by atoms with Crippen molar-refractivity contribution in [2.24, 2.45) is 0 Å².